The Kier molecular flexibility index (Phi) is 8.67. The number of rotatable bonds is 6. The average Bonchev–Trinajstić information content (AvgIpc) is 2.78. The summed E-state index contributed by atoms with van der Waals surface area (Å²) in [7, 11) is 1.89. The Balaban J connectivity index is 1.53. The van der Waals surface area contributed by atoms with Crippen molar-refractivity contribution in [2.75, 3.05) is 12.4 Å². The molecule has 0 saturated heterocycles. The van der Waals surface area contributed by atoms with Crippen LogP contribution in [-0.4, -0.2) is 34.9 Å². The Hall–Kier alpha value is -1.95. The molecular weight excluding hydrogens is 394 g/mol. The molecule has 2 fully saturated rings. The quantitative estimate of drug-likeness (QED) is 0.605. The van der Waals surface area contributed by atoms with Gasteiger partial charge in [-0.3, -0.25) is 9.59 Å². The molecular formula is C24H35N3O2S. The van der Waals surface area contributed by atoms with E-state index in [9.17, 15) is 9.59 Å². The second-order valence-electron chi connectivity index (χ2n) is 8.80. The van der Waals surface area contributed by atoms with Gasteiger partial charge >= 0.3 is 0 Å². The average molecular weight is 430 g/mol. The molecule has 3 rings (SSSR count). The minimum atomic E-state index is -0.0544. The van der Waals surface area contributed by atoms with Crippen molar-refractivity contribution in [2.24, 2.45) is 5.92 Å². The smallest absolute Gasteiger partial charge is 0.255 e. The summed E-state index contributed by atoms with van der Waals surface area (Å²) in [6.07, 6.45) is 13.5. The number of hydrogen-bond donors (Lipinski definition) is 2. The van der Waals surface area contributed by atoms with Gasteiger partial charge in [-0.25, -0.2) is 0 Å². The van der Waals surface area contributed by atoms with Crippen molar-refractivity contribution in [3.05, 3.63) is 29.8 Å². The van der Waals surface area contributed by atoms with E-state index in [1.54, 1.807) is 0 Å². The Labute approximate surface area is 186 Å². The summed E-state index contributed by atoms with van der Waals surface area (Å²) in [5.41, 5.74) is 1.23. The standard InChI is InChI=1S/C24H35N3O2S/c1-27(19-12-6-3-7-13-19)23(29)20-14-8-9-15-21(20)25-24(30)26-22(28)17-16-18-10-4-2-5-11-18/h8-9,14-15,18-19H,2-7,10-13,16-17H2,1H3,(H2,25,26,28,30). The molecule has 6 heteroatoms. The summed E-state index contributed by atoms with van der Waals surface area (Å²) in [5, 5.41) is 6.11. The lowest BCUT2D eigenvalue weighted by molar-refractivity contribution is -0.120. The molecule has 1 aromatic carbocycles. The van der Waals surface area contributed by atoms with Crippen LogP contribution in [-0.2, 0) is 4.79 Å². The van der Waals surface area contributed by atoms with Gasteiger partial charge in [-0.05, 0) is 49.5 Å². The monoisotopic (exact) mass is 429 g/mol. The van der Waals surface area contributed by atoms with Gasteiger partial charge in [-0.1, -0.05) is 63.5 Å². The van der Waals surface area contributed by atoms with Crippen molar-refractivity contribution in [1.29, 1.82) is 0 Å². The number of carbonyl (C=O) groups excluding carboxylic acids is 2. The van der Waals surface area contributed by atoms with Gasteiger partial charge < -0.3 is 15.5 Å². The predicted octanol–water partition coefficient (Wildman–Crippen LogP) is 5.26. The minimum Gasteiger partial charge on any atom is -0.339 e. The first-order valence-electron chi connectivity index (χ1n) is 11.5. The van der Waals surface area contributed by atoms with Gasteiger partial charge in [0.2, 0.25) is 5.91 Å². The van der Waals surface area contributed by atoms with E-state index in [2.05, 4.69) is 10.6 Å². The van der Waals surface area contributed by atoms with Crippen LogP contribution in [0.4, 0.5) is 5.69 Å². The van der Waals surface area contributed by atoms with Crippen molar-refractivity contribution in [3.8, 4) is 0 Å². The SMILES string of the molecule is CN(C(=O)c1ccccc1NC(=S)NC(=O)CCC1CCCCC1)C1CCCCC1. The number of nitrogens with one attached hydrogen (secondary N) is 2. The molecule has 0 unspecified atom stereocenters. The van der Waals surface area contributed by atoms with Gasteiger partial charge in [0.25, 0.3) is 5.91 Å². The van der Waals surface area contributed by atoms with Crippen molar-refractivity contribution >= 4 is 34.8 Å². The lowest BCUT2D eigenvalue weighted by Gasteiger charge is -2.31. The fraction of sp³-hybridized carbons (Fsp3) is 0.625. The van der Waals surface area contributed by atoms with Gasteiger partial charge in [0.1, 0.15) is 0 Å². The summed E-state index contributed by atoms with van der Waals surface area (Å²) in [6, 6.07) is 7.68. The number of benzene rings is 1. The van der Waals surface area contributed by atoms with Crippen molar-refractivity contribution in [2.45, 2.75) is 83.1 Å². The molecule has 2 saturated carbocycles. The Morgan fingerprint density at radius 2 is 1.63 bits per heavy atom. The molecule has 30 heavy (non-hydrogen) atoms. The van der Waals surface area contributed by atoms with E-state index in [1.165, 1.54) is 51.4 Å². The summed E-state index contributed by atoms with van der Waals surface area (Å²) in [6.45, 7) is 0. The lowest BCUT2D eigenvalue weighted by Crippen LogP contribution is -2.39. The van der Waals surface area contributed by atoms with E-state index in [0.717, 1.165) is 19.3 Å². The third-order valence-electron chi connectivity index (χ3n) is 6.61. The molecule has 0 aliphatic heterocycles. The molecule has 0 aromatic heterocycles. The first-order valence-corrected chi connectivity index (χ1v) is 11.9. The van der Waals surface area contributed by atoms with Crippen LogP contribution < -0.4 is 10.6 Å². The van der Waals surface area contributed by atoms with Crippen LogP contribution in [0, 0.1) is 5.92 Å². The first kappa shape index (κ1) is 22.7. The molecule has 164 valence electrons. The van der Waals surface area contributed by atoms with Gasteiger partial charge in [-0.15, -0.1) is 0 Å². The number of carbonyl (C=O) groups is 2. The van der Waals surface area contributed by atoms with Crippen LogP contribution in [0.1, 0.15) is 87.4 Å². The third kappa shape index (κ3) is 6.53. The highest BCUT2D eigenvalue weighted by atomic mass is 32.1. The molecule has 0 atom stereocenters. The van der Waals surface area contributed by atoms with Crippen LogP contribution in [0.15, 0.2) is 24.3 Å². The predicted molar refractivity (Wildman–Crippen MR) is 126 cm³/mol. The maximum absolute atomic E-state index is 13.1. The zero-order chi connectivity index (χ0) is 21.3. The normalized spacial score (nSPS) is 17.9. The summed E-state index contributed by atoms with van der Waals surface area (Å²) >= 11 is 5.35. The number of thiocarbonyl (C=S) groups is 1. The second kappa shape index (κ2) is 11.4. The molecule has 1 aromatic rings. The maximum atomic E-state index is 13.1. The number of amides is 2. The minimum absolute atomic E-state index is 0.00331. The van der Waals surface area contributed by atoms with E-state index in [4.69, 9.17) is 12.2 Å². The molecule has 2 aliphatic rings. The summed E-state index contributed by atoms with van der Waals surface area (Å²) in [4.78, 5) is 27.3. The van der Waals surface area contributed by atoms with Crippen molar-refractivity contribution in [3.63, 3.8) is 0 Å². The largest absolute Gasteiger partial charge is 0.339 e. The Bertz CT molecular complexity index is 740. The lowest BCUT2D eigenvalue weighted by atomic mass is 9.86. The van der Waals surface area contributed by atoms with E-state index >= 15 is 0 Å². The summed E-state index contributed by atoms with van der Waals surface area (Å²) < 4.78 is 0. The molecule has 5 nitrogen and oxygen atoms in total. The first-order chi connectivity index (χ1) is 14.5. The van der Waals surface area contributed by atoms with Crippen LogP contribution in [0.3, 0.4) is 0 Å². The molecule has 2 amide bonds. The van der Waals surface area contributed by atoms with Gasteiger partial charge in [0.15, 0.2) is 5.11 Å². The van der Waals surface area contributed by atoms with E-state index in [-0.39, 0.29) is 16.9 Å². The molecule has 2 aliphatic carbocycles. The highest BCUT2D eigenvalue weighted by Crippen LogP contribution is 2.27. The number of para-hydroxylation sites is 1. The highest BCUT2D eigenvalue weighted by molar-refractivity contribution is 7.80. The number of anilines is 1. The van der Waals surface area contributed by atoms with Crippen molar-refractivity contribution < 1.29 is 9.59 Å². The molecule has 2 N–H and O–H groups in total. The zero-order valence-corrected chi connectivity index (χ0v) is 18.9. The zero-order valence-electron chi connectivity index (χ0n) is 18.1. The van der Waals surface area contributed by atoms with Gasteiger partial charge in [0, 0.05) is 19.5 Å². The molecule has 0 spiro atoms. The van der Waals surface area contributed by atoms with Gasteiger partial charge in [-0.2, -0.15) is 0 Å². The van der Waals surface area contributed by atoms with Crippen molar-refractivity contribution in [1.82, 2.24) is 10.2 Å². The maximum Gasteiger partial charge on any atom is 0.255 e. The van der Waals surface area contributed by atoms with Crippen LogP contribution in [0.5, 0.6) is 0 Å². The number of nitrogens with zero attached hydrogens (tertiary/aromatic N) is 1. The molecule has 0 radical (unpaired) electrons. The molecule has 0 bridgehead atoms. The number of hydrogen-bond acceptors (Lipinski definition) is 3. The second-order valence-corrected chi connectivity index (χ2v) is 9.21. The highest BCUT2D eigenvalue weighted by Gasteiger charge is 2.24. The Morgan fingerprint density at radius 3 is 2.33 bits per heavy atom. The van der Waals surface area contributed by atoms with E-state index in [1.807, 2.05) is 36.2 Å². The van der Waals surface area contributed by atoms with E-state index < -0.39 is 0 Å². The van der Waals surface area contributed by atoms with Crippen LogP contribution in [0.25, 0.3) is 0 Å². The van der Waals surface area contributed by atoms with Crippen LogP contribution in [0.2, 0.25) is 0 Å². The fourth-order valence-corrected chi connectivity index (χ4v) is 4.98. The Morgan fingerprint density at radius 1 is 1.00 bits per heavy atom. The third-order valence-corrected chi connectivity index (χ3v) is 6.81. The van der Waals surface area contributed by atoms with Crippen LogP contribution >= 0.6 is 12.2 Å². The van der Waals surface area contributed by atoms with Gasteiger partial charge in [0.05, 0.1) is 11.3 Å². The fourth-order valence-electron chi connectivity index (χ4n) is 4.76. The molecule has 0 heterocycles. The summed E-state index contributed by atoms with van der Waals surface area (Å²) in [5.74, 6) is 0.609. The topological polar surface area (TPSA) is 61.4 Å². The van der Waals surface area contributed by atoms with E-state index in [0.29, 0.717) is 29.6 Å².